The number of carbonyl (C=O) groups is 1. The van der Waals surface area contributed by atoms with Crippen molar-refractivity contribution in [1.82, 2.24) is 0 Å². The maximum absolute atomic E-state index is 13.0. The van der Waals surface area contributed by atoms with Gasteiger partial charge in [0.25, 0.3) is 0 Å². The van der Waals surface area contributed by atoms with E-state index in [9.17, 15) is 18.0 Å². The first-order valence-corrected chi connectivity index (χ1v) is 5.63. The molecule has 0 aliphatic carbocycles. The molecule has 0 radical (unpaired) electrons. The average molecular weight is 292 g/mol. The fourth-order valence-electron chi connectivity index (χ4n) is 1.63. The zero-order chi connectivity index (χ0) is 14.6. The van der Waals surface area contributed by atoms with Gasteiger partial charge in [-0.3, -0.25) is 4.79 Å². The lowest BCUT2D eigenvalue weighted by Gasteiger charge is -2.15. The molecule has 19 heavy (non-hydrogen) atoms. The third-order valence-corrected chi connectivity index (χ3v) is 2.77. The Balaban J connectivity index is 3.46. The molecular weight excluding hydrogens is 283 g/mol. The van der Waals surface area contributed by atoms with Gasteiger partial charge < -0.3 is 4.74 Å². The van der Waals surface area contributed by atoms with Gasteiger partial charge in [-0.15, -0.1) is 11.6 Å². The van der Waals surface area contributed by atoms with Gasteiger partial charge in [-0.05, 0) is 11.1 Å². The lowest BCUT2D eigenvalue weighted by atomic mass is 9.95. The van der Waals surface area contributed by atoms with Gasteiger partial charge in [0.15, 0.2) is 0 Å². The fourth-order valence-corrected chi connectivity index (χ4v) is 1.85. The van der Waals surface area contributed by atoms with Crippen molar-refractivity contribution in [2.45, 2.75) is 18.5 Å². The van der Waals surface area contributed by atoms with E-state index in [1.165, 1.54) is 12.1 Å². The number of alkyl halides is 4. The highest BCUT2D eigenvalue weighted by Crippen LogP contribution is 2.36. The van der Waals surface area contributed by atoms with Crippen LogP contribution in [0.3, 0.4) is 0 Å². The minimum absolute atomic E-state index is 0.0319. The van der Waals surface area contributed by atoms with Crippen LogP contribution in [0.2, 0.25) is 0 Å². The van der Waals surface area contributed by atoms with Crippen LogP contribution in [-0.4, -0.2) is 13.1 Å². The minimum Gasteiger partial charge on any atom is -0.469 e. The van der Waals surface area contributed by atoms with Gasteiger partial charge in [-0.2, -0.15) is 18.4 Å². The molecule has 0 fully saturated rings. The Kier molecular flexibility index (Phi) is 4.78. The van der Waals surface area contributed by atoms with E-state index in [0.717, 1.165) is 13.2 Å². The second-order valence-corrected chi connectivity index (χ2v) is 3.90. The van der Waals surface area contributed by atoms with Crippen molar-refractivity contribution in [2.75, 3.05) is 7.11 Å². The molecule has 0 heterocycles. The molecule has 1 rings (SSSR count). The largest absolute Gasteiger partial charge is 0.469 e. The number of hydrogen-bond donors (Lipinski definition) is 0. The van der Waals surface area contributed by atoms with Gasteiger partial charge in [-0.1, -0.05) is 12.1 Å². The predicted molar refractivity (Wildman–Crippen MR) is 61.4 cm³/mol. The number of methoxy groups -OCH3 is 1. The first-order valence-electron chi connectivity index (χ1n) is 5.10. The summed E-state index contributed by atoms with van der Waals surface area (Å²) in [7, 11) is 1.12. The van der Waals surface area contributed by atoms with E-state index in [1.54, 1.807) is 0 Å². The van der Waals surface area contributed by atoms with Crippen LogP contribution in [0.25, 0.3) is 0 Å². The van der Waals surface area contributed by atoms with E-state index in [4.69, 9.17) is 16.9 Å². The molecule has 0 bridgehead atoms. The maximum atomic E-state index is 13.0. The topological polar surface area (TPSA) is 50.1 Å². The van der Waals surface area contributed by atoms with Crippen LogP contribution >= 0.6 is 11.6 Å². The maximum Gasteiger partial charge on any atom is 0.418 e. The molecule has 0 aliphatic rings. The van der Waals surface area contributed by atoms with Crippen LogP contribution in [0, 0.1) is 11.3 Å². The molecule has 0 saturated carbocycles. The number of esters is 1. The zero-order valence-electron chi connectivity index (χ0n) is 9.84. The Hall–Kier alpha value is -1.74. The molecule has 0 N–H and O–H groups in total. The summed E-state index contributed by atoms with van der Waals surface area (Å²) in [6.45, 7) is 0. The highest BCUT2D eigenvalue weighted by atomic mass is 35.5. The van der Waals surface area contributed by atoms with Crippen molar-refractivity contribution in [3.05, 3.63) is 34.4 Å². The quantitative estimate of drug-likeness (QED) is 0.635. The summed E-state index contributed by atoms with van der Waals surface area (Å²) in [5.74, 6) is -1.09. The molecule has 7 heteroatoms. The SMILES string of the molecule is COC(=O)Cc1ccc(CCl)c(C(F)(F)F)c1C#N. The summed E-state index contributed by atoms with van der Waals surface area (Å²) < 4.78 is 43.2. The predicted octanol–water partition coefficient (Wildman–Crippen LogP) is 3.03. The van der Waals surface area contributed by atoms with Gasteiger partial charge in [0.2, 0.25) is 0 Å². The second-order valence-electron chi connectivity index (χ2n) is 3.63. The van der Waals surface area contributed by atoms with Crippen LogP contribution in [0.5, 0.6) is 0 Å². The van der Waals surface area contributed by atoms with Crippen molar-refractivity contribution in [3.8, 4) is 6.07 Å². The summed E-state index contributed by atoms with van der Waals surface area (Å²) >= 11 is 5.45. The van der Waals surface area contributed by atoms with Crippen molar-refractivity contribution in [1.29, 1.82) is 5.26 Å². The molecule has 0 unspecified atom stereocenters. The first kappa shape index (κ1) is 15.3. The molecule has 0 saturated heterocycles. The van der Waals surface area contributed by atoms with Gasteiger partial charge in [-0.25, -0.2) is 0 Å². The number of nitriles is 1. The molecular formula is C12H9ClF3NO2. The van der Waals surface area contributed by atoms with Crippen LogP contribution in [0.4, 0.5) is 13.2 Å². The second kappa shape index (κ2) is 5.93. The van der Waals surface area contributed by atoms with Gasteiger partial charge >= 0.3 is 12.1 Å². The third-order valence-electron chi connectivity index (χ3n) is 2.48. The number of nitrogens with zero attached hydrogens (tertiary/aromatic N) is 1. The van der Waals surface area contributed by atoms with E-state index in [1.807, 2.05) is 0 Å². The molecule has 0 amide bonds. The summed E-state index contributed by atoms with van der Waals surface area (Å²) in [6.07, 6.45) is -5.10. The first-order chi connectivity index (χ1) is 8.85. The van der Waals surface area contributed by atoms with E-state index in [0.29, 0.717) is 0 Å². The van der Waals surface area contributed by atoms with Crippen molar-refractivity contribution in [3.63, 3.8) is 0 Å². The smallest absolute Gasteiger partial charge is 0.418 e. The number of ether oxygens (including phenoxy) is 1. The third kappa shape index (κ3) is 3.38. The van der Waals surface area contributed by atoms with E-state index >= 15 is 0 Å². The van der Waals surface area contributed by atoms with Crippen LogP contribution in [-0.2, 0) is 28.0 Å². The Bertz CT molecular complexity index is 535. The molecule has 0 aromatic heterocycles. The summed E-state index contributed by atoms with van der Waals surface area (Å²) in [5, 5.41) is 8.92. The zero-order valence-corrected chi connectivity index (χ0v) is 10.6. The minimum atomic E-state index is -4.71. The molecule has 0 aliphatic heterocycles. The van der Waals surface area contributed by atoms with Crippen LogP contribution < -0.4 is 0 Å². The highest BCUT2D eigenvalue weighted by Gasteiger charge is 2.37. The summed E-state index contributed by atoms with van der Waals surface area (Å²) in [4.78, 5) is 11.1. The van der Waals surface area contributed by atoms with Crippen molar-refractivity contribution >= 4 is 17.6 Å². The van der Waals surface area contributed by atoms with Crippen LogP contribution in [0.1, 0.15) is 22.3 Å². The summed E-state index contributed by atoms with van der Waals surface area (Å²) in [6, 6.07) is 3.93. The van der Waals surface area contributed by atoms with E-state index in [-0.39, 0.29) is 17.0 Å². The molecule has 0 spiro atoms. The lowest BCUT2D eigenvalue weighted by molar-refractivity contribution is -0.141. The Morgan fingerprint density at radius 3 is 2.42 bits per heavy atom. The highest BCUT2D eigenvalue weighted by molar-refractivity contribution is 6.17. The standard InChI is InChI=1S/C12H9ClF3NO2/c1-19-10(18)4-7-2-3-8(5-13)11(9(7)6-17)12(14,15)16/h2-3H,4-5H2,1H3. The molecule has 1 aromatic rings. The van der Waals surface area contributed by atoms with Gasteiger partial charge in [0, 0.05) is 5.88 Å². The monoisotopic (exact) mass is 291 g/mol. The Morgan fingerprint density at radius 1 is 1.42 bits per heavy atom. The van der Waals surface area contributed by atoms with Gasteiger partial charge in [0.1, 0.15) is 6.07 Å². The Labute approximate surface area is 112 Å². The lowest BCUT2D eigenvalue weighted by Crippen LogP contribution is -2.15. The van der Waals surface area contributed by atoms with Gasteiger partial charge in [0.05, 0.1) is 24.7 Å². The molecule has 102 valence electrons. The fraction of sp³-hybridized carbons (Fsp3) is 0.333. The van der Waals surface area contributed by atoms with E-state index in [2.05, 4.69) is 4.74 Å². The van der Waals surface area contributed by atoms with Crippen molar-refractivity contribution in [2.24, 2.45) is 0 Å². The summed E-state index contributed by atoms with van der Waals surface area (Å²) in [5.41, 5.74) is -1.91. The Morgan fingerprint density at radius 2 is 2.00 bits per heavy atom. The number of hydrogen-bond acceptors (Lipinski definition) is 3. The van der Waals surface area contributed by atoms with Crippen LogP contribution in [0.15, 0.2) is 12.1 Å². The molecule has 3 nitrogen and oxygen atoms in total. The molecule has 0 atom stereocenters. The average Bonchev–Trinajstić information content (AvgIpc) is 2.36. The van der Waals surface area contributed by atoms with Crippen molar-refractivity contribution < 1.29 is 22.7 Å². The number of benzene rings is 1. The normalized spacial score (nSPS) is 10.9. The van der Waals surface area contributed by atoms with E-state index < -0.39 is 29.7 Å². The molecule has 1 aromatic carbocycles. The number of halogens is 4. The number of rotatable bonds is 3. The number of carbonyl (C=O) groups excluding carboxylic acids is 1.